The number of nitrogens with zero attached hydrogens (tertiary/aromatic N) is 4. The van der Waals surface area contributed by atoms with Crippen LogP contribution in [0.1, 0.15) is 10.8 Å². The maximum atomic E-state index is 5.49. The summed E-state index contributed by atoms with van der Waals surface area (Å²) in [7, 11) is 4.03. The fraction of sp³-hybridized carbons (Fsp3) is 0.545. The van der Waals surface area contributed by atoms with E-state index in [-0.39, 0.29) is 0 Å². The van der Waals surface area contributed by atoms with Crippen LogP contribution in [0.15, 0.2) is 9.90 Å². The Morgan fingerprint density at radius 2 is 2.17 bits per heavy atom. The van der Waals surface area contributed by atoms with E-state index in [1.165, 1.54) is 0 Å². The Bertz CT molecular complexity index is 493. The summed E-state index contributed by atoms with van der Waals surface area (Å²) in [6.07, 6.45) is 1.56. The molecule has 0 spiro atoms. The molecule has 2 aromatic rings. The van der Waals surface area contributed by atoms with Gasteiger partial charge < -0.3 is 15.2 Å². The van der Waals surface area contributed by atoms with Crippen LogP contribution in [-0.2, 0) is 12.8 Å². The lowest BCUT2D eigenvalue weighted by Crippen LogP contribution is -2.15. The molecule has 0 aromatic carbocycles. The van der Waals surface area contributed by atoms with Crippen molar-refractivity contribution in [1.29, 1.82) is 0 Å². The monoisotopic (exact) mass is 267 g/mol. The lowest BCUT2D eigenvalue weighted by atomic mass is 10.4. The minimum Gasteiger partial charge on any atom is -0.332 e. The van der Waals surface area contributed by atoms with Crippen LogP contribution in [-0.4, -0.2) is 47.2 Å². The van der Waals surface area contributed by atoms with Crippen molar-refractivity contribution in [1.82, 2.24) is 20.0 Å². The van der Waals surface area contributed by atoms with Crippen LogP contribution in [0.5, 0.6) is 0 Å². The zero-order chi connectivity index (χ0) is 13.0. The number of likely N-dealkylation sites (N-methyl/N-ethyl adjacent to an activating group) is 1. The van der Waals surface area contributed by atoms with Crippen molar-refractivity contribution < 1.29 is 4.52 Å². The summed E-state index contributed by atoms with van der Waals surface area (Å²) < 4.78 is 5.21. The van der Waals surface area contributed by atoms with Gasteiger partial charge in [0, 0.05) is 24.8 Å². The molecule has 0 atom stereocenters. The molecular formula is C11H17N5OS. The first-order valence-electron chi connectivity index (χ1n) is 5.81. The molecule has 2 rings (SSSR count). The molecule has 0 amide bonds. The number of aromatic nitrogens is 3. The first kappa shape index (κ1) is 13.1. The average Bonchev–Trinajstić information content (AvgIpc) is 2.94. The molecule has 98 valence electrons. The number of rotatable bonds is 6. The van der Waals surface area contributed by atoms with Gasteiger partial charge >= 0.3 is 0 Å². The summed E-state index contributed by atoms with van der Waals surface area (Å²) in [5, 5.41) is 6.87. The lowest BCUT2D eigenvalue weighted by molar-refractivity contribution is 0.392. The first-order chi connectivity index (χ1) is 8.69. The van der Waals surface area contributed by atoms with Crippen LogP contribution in [0.3, 0.4) is 0 Å². The van der Waals surface area contributed by atoms with Crippen LogP contribution in [0, 0.1) is 0 Å². The second-order valence-electron chi connectivity index (χ2n) is 4.23. The molecule has 2 N–H and O–H groups in total. The van der Waals surface area contributed by atoms with Crippen molar-refractivity contribution >= 4 is 11.3 Å². The van der Waals surface area contributed by atoms with Crippen LogP contribution < -0.4 is 5.73 Å². The highest BCUT2D eigenvalue weighted by molar-refractivity contribution is 7.09. The molecule has 0 radical (unpaired) electrons. The van der Waals surface area contributed by atoms with Crippen molar-refractivity contribution in [3.8, 4) is 11.6 Å². The Hall–Kier alpha value is -1.31. The molecule has 18 heavy (non-hydrogen) atoms. The summed E-state index contributed by atoms with van der Waals surface area (Å²) in [4.78, 5) is 10.8. The van der Waals surface area contributed by atoms with Gasteiger partial charge in [-0.3, -0.25) is 0 Å². The van der Waals surface area contributed by atoms with Crippen molar-refractivity contribution in [3.63, 3.8) is 0 Å². The lowest BCUT2D eigenvalue weighted by Gasteiger charge is -2.05. The van der Waals surface area contributed by atoms with E-state index < -0.39 is 0 Å². The highest BCUT2D eigenvalue weighted by atomic mass is 32.1. The zero-order valence-electron chi connectivity index (χ0n) is 10.6. The predicted octanol–water partition coefficient (Wildman–Crippen LogP) is 0.798. The van der Waals surface area contributed by atoms with Gasteiger partial charge in [0.25, 0.3) is 5.89 Å². The third-order valence-electron chi connectivity index (χ3n) is 2.38. The molecule has 0 aliphatic heterocycles. The Labute approximate surface area is 110 Å². The number of nitrogens with two attached hydrogens (primary N) is 1. The zero-order valence-corrected chi connectivity index (χ0v) is 11.4. The minimum atomic E-state index is 0.489. The molecule has 0 fully saturated rings. The van der Waals surface area contributed by atoms with Gasteiger partial charge in [0.15, 0.2) is 5.82 Å². The second-order valence-corrected chi connectivity index (χ2v) is 5.18. The van der Waals surface area contributed by atoms with E-state index in [1.807, 2.05) is 19.5 Å². The quantitative estimate of drug-likeness (QED) is 0.833. The molecule has 7 heteroatoms. The number of hydrogen-bond acceptors (Lipinski definition) is 7. The van der Waals surface area contributed by atoms with E-state index in [9.17, 15) is 0 Å². The maximum absolute atomic E-state index is 5.49. The Morgan fingerprint density at radius 3 is 2.89 bits per heavy atom. The molecule has 0 saturated heterocycles. The van der Waals surface area contributed by atoms with E-state index in [0.29, 0.717) is 18.3 Å². The molecule has 0 unspecified atom stereocenters. The van der Waals surface area contributed by atoms with Gasteiger partial charge in [0.05, 0.1) is 5.01 Å². The van der Waals surface area contributed by atoms with E-state index in [0.717, 1.165) is 30.1 Å². The normalized spacial score (nSPS) is 11.3. The van der Waals surface area contributed by atoms with Crippen LogP contribution in [0.4, 0.5) is 0 Å². The second kappa shape index (κ2) is 6.03. The smallest absolute Gasteiger partial charge is 0.277 e. The van der Waals surface area contributed by atoms with Gasteiger partial charge in [0.2, 0.25) is 0 Å². The maximum Gasteiger partial charge on any atom is 0.277 e. The van der Waals surface area contributed by atoms with E-state index in [2.05, 4.69) is 20.0 Å². The minimum absolute atomic E-state index is 0.489. The number of hydrogen-bond donors (Lipinski definition) is 1. The van der Waals surface area contributed by atoms with Crippen molar-refractivity contribution in [2.24, 2.45) is 5.73 Å². The van der Waals surface area contributed by atoms with Gasteiger partial charge in [-0.05, 0) is 20.6 Å². The van der Waals surface area contributed by atoms with E-state index in [1.54, 1.807) is 11.3 Å². The van der Waals surface area contributed by atoms with Crippen LogP contribution >= 0.6 is 11.3 Å². The van der Waals surface area contributed by atoms with Gasteiger partial charge in [-0.15, -0.1) is 11.3 Å². The summed E-state index contributed by atoms with van der Waals surface area (Å²) in [6.45, 7) is 1.50. The van der Waals surface area contributed by atoms with Crippen molar-refractivity contribution in [2.45, 2.75) is 12.8 Å². The largest absolute Gasteiger partial charge is 0.332 e. The van der Waals surface area contributed by atoms with E-state index >= 15 is 0 Å². The highest BCUT2D eigenvalue weighted by Gasteiger charge is 2.12. The van der Waals surface area contributed by atoms with E-state index in [4.69, 9.17) is 10.3 Å². The fourth-order valence-corrected chi connectivity index (χ4v) is 2.22. The van der Waals surface area contributed by atoms with Gasteiger partial charge in [-0.1, -0.05) is 5.16 Å². The van der Waals surface area contributed by atoms with Gasteiger partial charge in [0.1, 0.15) is 5.69 Å². The summed E-state index contributed by atoms with van der Waals surface area (Å²) in [5.41, 5.74) is 6.23. The summed E-state index contributed by atoms with van der Waals surface area (Å²) >= 11 is 1.57. The standard InChI is InChI=1S/C11H17N5OS/c1-16(2)6-4-9-14-11(17-15-9)8-7-18-10(13-8)3-5-12/h7H,3-6,12H2,1-2H3. The first-order valence-corrected chi connectivity index (χ1v) is 6.69. The predicted molar refractivity (Wildman–Crippen MR) is 70.4 cm³/mol. The molecular weight excluding hydrogens is 250 g/mol. The fourth-order valence-electron chi connectivity index (χ4n) is 1.43. The summed E-state index contributed by atoms with van der Waals surface area (Å²) in [5.74, 6) is 1.20. The average molecular weight is 267 g/mol. The third kappa shape index (κ3) is 3.34. The van der Waals surface area contributed by atoms with Crippen LogP contribution in [0.2, 0.25) is 0 Å². The van der Waals surface area contributed by atoms with Crippen molar-refractivity contribution in [3.05, 3.63) is 16.2 Å². The number of thiazole rings is 1. The molecule has 6 nitrogen and oxygen atoms in total. The summed E-state index contributed by atoms with van der Waals surface area (Å²) in [6, 6.07) is 0. The Balaban J connectivity index is 2.04. The molecule has 2 heterocycles. The highest BCUT2D eigenvalue weighted by Crippen LogP contribution is 2.20. The molecule has 0 bridgehead atoms. The topological polar surface area (TPSA) is 81.1 Å². The molecule has 2 aromatic heterocycles. The molecule has 0 aliphatic carbocycles. The van der Waals surface area contributed by atoms with Crippen molar-refractivity contribution in [2.75, 3.05) is 27.2 Å². The Morgan fingerprint density at radius 1 is 1.33 bits per heavy atom. The third-order valence-corrected chi connectivity index (χ3v) is 3.29. The van der Waals surface area contributed by atoms with Crippen LogP contribution in [0.25, 0.3) is 11.6 Å². The Kier molecular flexibility index (Phi) is 4.40. The molecule has 0 saturated carbocycles. The SMILES string of the molecule is CN(C)CCc1noc(-c2csc(CCN)n2)n1. The molecule has 0 aliphatic rings. The van der Waals surface area contributed by atoms with Gasteiger partial charge in [-0.25, -0.2) is 4.98 Å². The van der Waals surface area contributed by atoms with Gasteiger partial charge in [-0.2, -0.15) is 4.98 Å².